The van der Waals surface area contributed by atoms with E-state index >= 15 is 0 Å². The van der Waals surface area contributed by atoms with Crippen molar-refractivity contribution >= 4 is 46.2 Å². The SMILES string of the molecule is CN1CCNC(=S)N1c1cc(Cl)cc(Cl)c1. The summed E-state index contributed by atoms with van der Waals surface area (Å²) in [7, 11) is 1.97. The average Bonchev–Trinajstić information content (AvgIpc) is 2.15. The number of halogens is 2. The second-order valence-electron chi connectivity index (χ2n) is 3.55. The quantitative estimate of drug-likeness (QED) is 0.794. The lowest BCUT2D eigenvalue weighted by Crippen LogP contribution is -2.57. The van der Waals surface area contributed by atoms with E-state index in [2.05, 4.69) is 5.32 Å². The lowest BCUT2D eigenvalue weighted by atomic mass is 10.3. The summed E-state index contributed by atoms with van der Waals surface area (Å²) in [6, 6.07) is 5.37. The number of hydrogen-bond acceptors (Lipinski definition) is 2. The van der Waals surface area contributed by atoms with Crippen molar-refractivity contribution in [1.29, 1.82) is 0 Å². The van der Waals surface area contributed by atoms with Crippen molar-refractivity contribution in [3.05, 3.63) is 28.2 Å². The Kier molecular flexibility index (Phi) is 3.54. The third-order valence-electron chi connectivity index (χ3n) is 2.34. The van der Waals surface area contributed by atoms with Gasteiger partial charge in [-0.05, 0) is 30.4 Å². The molecule has 0 aromatic heterocycles. The monoisotopic (exact) mass is 275 g/mol. The van der Waals surface area contributed by atoms with E-state index in [1.807, 2.05) is 29.2 Å². The molecule has 0 aliphatic carbocycles. The molecule has 0 amide bonds. The van der Waals surface area contributed by atoms with Crippen molar-refractivity contribution in [1.82, 2.24) is 10.3 Å². The second kappa shape index (κ2) is 4.75. The van der Waals surface area contributed by atoms with Crippen LogP contribution in [0.1, 0.15) is 0 Å². The van der Waals surface area contributed by atoms with Gasteiger partial charge in [-0.25, -0.2) is 10.0 Å². The minimum absolute atomic E-state index is 0.601. The van der Waals surface area contributed by atoms with Crippen molar-refractivity contribution in [2.45, 2.75) is 0 Å². The molecule has 1 aromatic carbocycles. The average molecular weight is 276 g/mol. The number of benzene rings is 1. The maximum absolute atomic E-state index is 5.97. The number of thiocarbonyl (C=S) groups is 1. The highest BCUT2D eigenvalue weighted by atomic mass is 35.5. The lowest BCUT2D eigenvalue weighted by molar-refractivity contribution is 0.331. The van der Waals surface area contributed by atoms with Gasteiger partial charge in [-0.1, -0.05) is 23.2 Å². The van der Waals surface area contributed by atoms with Gasteiger partial charge in [0.15, 0.2) is 5.11 Å². The molecule has 3 nitrogen and oxygen atoms in total. The summed E-state index contributed by atoms with van der Waals surface area (Å²) in [5, 5.41) is 8.91. The van der Waals surface area contributed by atoms with Gasteiger partial charge >= 0.3 is 0 Å². The molecule has 0 bridgehead atoms. The molecule has 2 rings (SSSR count). The van der Waals surface area contributed by atoms with Crippen LogP contribution >= 0.6 is 35.4 Å². The minimum atomic E-state index is 0.601. The first kappa shape index (κ1) is 11.9. The number of rotatable bonds is 1. The Bertz CT molecular complexity index is 404. The predicted octanol–water partition coefficient (Wildman–Crippen LogP) is 2.53. The van der Waals surface area contributed by atoms with Crippen LogP contribution in [-0.2, 0) is 0 Å². The third kappa shape index (κ3) is 2.40. The van der Waals surface area contributed by atoms with E-state index < -0.39 is 0 Å². The molecule has 1 heterocycles. The summed E-state index contributed by atoms with van der Waals surface area (Å²) >= 11 is 17.2. The number of hydrazine groups is 1. The maximum atomic E-state index is 5.97. The Labute approximate surface area is 110 Å². The highest BCUT2D eigenvalue weighted by Crippen LogP contribution is 2.26. The zero-order valence-electron chi connectivity index (χ0n) is 8.70. The number of hydrogen-bond donors (Lipinski definition) is 1. The summed E-state index contributed by atoms with van der Waals surface area (Å²) in [4.78, 5) is 0. The van der Waals surface area contributed by atoms with E-state index in [1.165, 1.54) is 0 Å². The smallest absolute Gasteiger partial charge is 0.188 e. The summed E-state index contributed by atoms with van der Waals surface area (Å²) in [5.74, 6) is 0. The molecule has 0 saturated carbocycles. The van der Waals surface area contributed by atoms with E-state index in [1.54, 1.807) is 6.07 Å². The van der Waals surface area contributed by atoms with Gasteiger partial charge in [0.05, 0.1) is 5.69 Å². The van der Waals surface area contributed by atoms with Gasteiger partial charge in [0.1, 0.15) is 0 Å². The van der Waals surface area contributed by atoms with E-state index in [9.17, 15) is 0 Å². The fourth-order valence-electron chi connectivity index (χ4n) is 1.63. The summed E-state index contributed by atoms with van der Waals surface area (Å²) in [6.07, 6.45) is 0. The van der Waals surface area contributed by atoms with Crippen molar-refractivity contribution in [3.63, 3.8) is 0 Å². The van der Waals surface area contributed by atoms with Crippen LogP contribution in [0.2, 0.25) is 10.0 Å². The van der Waals surface area contributed by atoms with Crippen molar-refractivity contribution < 1.29 is 0 Å². The highest BCUT2D eigenvalue weighted by molar-refractivity contribution is 7.80. The van der Waals surface area contributed by atoms with E-state index in [4.69, 9.17) is 35.4 Å². The Morgan fingerprint density at radius 2 is 1.88 bits per heavy atom. The van der Waals surface area contributed by atoms with E-state index in [-0.39, 0.29) is 0 Å². The van der Waals surface area contributed by atoms with Gasteiger partial charge in [-0.3, -0.25) is 0 Å². The Balaban J connectivity index is 2.37. The molecule has 1 fully saturated rings. The molecule has 1 aromatic rings. The van der Waals surface area contributed by atoms with E-state index in [0.717, 1.165) is 18.8 Å². The van der Waals surface area contributed by atoms with Crippen LogP contribution in [0.15, 0.2) is 18.2 Å². The van der Waals surface area contributed by atoms with Crippen molar-refractivity contribution in [3.8, 4) is 0 Å². The zero-order valence-corrected chi connectivity index (χ0v) is 11.0. The maximum Gasteiger partial charge on any atom is 0.188 e. The molecule has 6 heteroatoms. The van der Waals surface area contributed by atoms with Gasteiger partial charge in [-0.15, -0.1) is 0 Å². The number of nitrogens with one attached hydrogen (secondary N) is 1. The van der Waals surface area contributed by atoms with E-state index in [0.29, 0.717) is 15.2 Å². The fraction of sp³-hybridized carbons (Fsp3) is 0.300. The number of nitrogens with zero attached hydrogens (tertiary/aromatic N) is 2. The summed E-state index contributed by atoms with van der Waals surface area (Å²) in [6.45, 7) is 1.73. The van der Waals surface area contributed by atoms with Gasteiger partial charge in [0.2, 0.25) is 0 Å². The first-order chi connectivity index (χ1) is 7.58. The van der Waals surface area contributed by atoms with Gasteiger partial charge in [0, 0.05) is 30.2 Å². The lowest BCUT2D eigenvalue weighted by Gasteiger charge is -2.38. The van der Waals surface area contributed by atoms with Crippen LogP contribution in [0.4, 0.5) is 5.69 Å². The number of likely N-dealkylation sites (N-methyl/N-ethyl adjacent to an activating group) is 1. The molecular weight excluding hydrogens is 265 g/mol. The van der Waals surface area contributed by atoms with Crippen molar-refractivity contribution in [2.24, 2.45) is 0 Å². The summed E-state index contributed by atoms with van der Waals surface area (Å²) in [5.41, 5.74) is 0.872. The molecule has 0 unspecified atom stereocenters. The molecular formula is C10H11Cl2N3S. The molecule has 1 aliphatic rings. The van der Waals surface area contributed by atoms with Crippen LogP contribution in [0, 0.1) is 0 Å². The minimum Gasteiger partial charge on any atom is -0.360 e. The summed E-state index contributed by atoms with van der Waals surface area (Å²) < 4.78 is 0. The van der Waals surface area contributed by atoms with Crippen LogP contribution in [0.5, 0.6) is 0 Å². The Morgan fingerprint density at radius 1 is 1.25 bits per heavy atom. The Hall–Kier alpha value is -0.550. The molecule has 0 spiro atoms. The second-order valence-corrected chi connectivity index (χ2v) is 4.81. The van der Waals surface area contributed by atoms with Gasteiger partial charge in [0.25, 0.3) is 0 Å². The standard InChI is InChI=1S/C10H11Cl2N3S/c1-14-3-2-13-10(16)15(14)9-5-7(11)4-8(12)6-9/h4-6H,2-3H2,1H3,(H,13,16). The van der Waals surface area contributed by atoms with Crippen LogP contribution in [-0.4, -0.2) is 30.3 Å². The normalized spacial score (nSPS) is 17.4. The molecule has 1 N–H and O–H groups in total. The van der Waals surface area contributed by atoms with Gasteiger partial charge in [-0.2, -0.15) is 0 Å². The molecule has 1 aliphatic heterocycles. The molecule has 1 saturated heterocycles. The topological polar surface area (TPSA) is 18.5 Å². The molecule has 16 heavy (non-hydrogen) atoms. The predicted molar refractivity (Wildman–Crippen MR) is 72.2 cm³/mol. The first-order valence-corrected chi connectivity index (χ1v) is 5.99. The van der Waals surface area contributed by atoms with Crippen LogP contribution < -0.4 is 10.3 Å². The number of anilines is 1. The molecule has 86 valence electrons. The van der Waals surface area contributed by atoms with Gasteiger partial charge < -0.3 is 5.32 Å². The zero-order chi connectivity index (χ0) is 11.7. The van der Waals surface area contributed by atoms with Crippen LogP contribution in [0.25, 0.3) is 0 Å². The highest BCUT2D eigenvalue weighted by Gasteiger charge is 2.21. The fourth-order valence-corrected chi connectivity index (χ4v) is 2.49. The molecule has 0 atom stereocenters. The first-order valence-electron chi connectivity index (χ1n) is 4.83. The molecule has 0 radical (unpaired) electrons. The van der Waals surface area contributed by atoms with Crippen LogP contribution in [0.3, 0.4) is 0 Å². The third-order valence-corrected chi connectivity index (χ3v) is 3.09. The Morgan fingerprint density at radius 3 is 2.44 bits per heavy atom. The largest absolute Gasteiger partial charge is 0.360 e. The van der Waals surface area contributed by atoms with Crippen molar-refractivity contribution in [2.75, 3.05) is 25.1 Å².